The Morgan fingerprint density at radius 1 is 1.12 bits per heavy atom. The zero-order valence-electron chi connectivity index (χ0n) is 18.8. The van der Waals surface area contributed by atoms with Crippen LogP contribution in [0.5, 0.6) is 0 Å². The van der Waals surface area contributed by atoms with Crippen LogP contribution in [0.1, 0.15) is 30.7 Å². The molecule has 2 aromatic carbocycles. The average Bonchev–Trinajstić information content (AvgIpc) is 3.21. The second-order valence-corrected chi connectivity index (χ2v) is 10.8. The van der Waals surface area contributed by atoms with E-state index in [1.54, 1.807) is 17.7 Å². The van der Waals surface area contributed by atoms with Crippen LogP contribution >= 0.6 is 11.3 Å². The third-order valence-electron chi connectivity index (χ3n) is 7.51. The smallest absolute Gasteiger partial charge is 0.227 e. The molecule has 0 aliphatic heterocycles. The molecule has 2 aliphatic carbocycles. The first-order valence-corrected chi connectivity index (χ1v) is 12.4. The van der Waals surface area contributed by atoms with Gasteiger partial charge in [-0.05, 0) is 61.8 Å². The predicted molar refractivity (Wildman–Crippen MR) is 128 cm³/mol. The highest BCUT2D eigenvalue weighted by molar-refractivity contribution is 7.14. The molecule has 0 radical (unpaired) electrons. The summed E-state index contributed by atoms with van der Waals surface area (Å²) in [5, 5.41) is 4.04. The highest BCUT2D eigenvalue weighted by Gasteiger charge is 2.59. The third kappa shape index (κ3) is 3.60. The molecule has 0 saturated heterocycles. The molecule has 4 aromatic rings. The largest absolute Gasteiger partial charge is 0.327 e. The van der Waals surface area contributed by atoms with E-state index in [1.807, 2.05) is 48.9 Å². The lowest BCUT2D eigenvalue weighted by atomic mass is 9.96. The second-order valence-electron chi connectivity index (χ2n) is 9.57. The number of thiazole rings is 1. The summed E-state index contributed by atoms with van der Waals surface area (Å²) in [6.45, 7) is 4.04. The van der Waals surface area contributed by atoms with Crippen molar-refractivity contribution in [3.05, 3.63) is 65.4 Å². The molecule has 2 heterocycles. The fourth-order valence-corrected chi connectivity index (χ4v) is 6.53. The van der Waals surface area contributed by atoms with Gasteiger partial charge in [0.2, 0.25) is 5.91 Å². The fraction of sp³-hybridized carbons (Fsp3) is 0.346. The number of hydrogen-bond donors (Lipinski definition) is 1. The van der Waals surface area contributed by atoms with Crippen LogP contribution in [0, 0.1) is 42.2 Å². The number of amides is 1. The van der Waals surface area contributed by atoms with Crippen LogP contribution in [0.2, 0.25) is 0 Å². The molecule has 2 saturated carbocycles. The van der Waals surface area contributed by atoms with Crippen molar-refractivity contribution in [3.8, 4) is 10.6 Å². The highest BCUT2D eigenvalue weighted by Crippen LogP contribution is 2.64. The standard InChI is InChI=1S/C26H24F2N4OS/c1-13-11-29-26(34-13)15-3-5-16(6-4-15)31-25(33)14(2)24-18-7-17(8-19(18)24)32-12-30-22-9-20(27)21(28)10-23(22)32/h3-6,9-12,14,17-19,24H,7-8H2,1-2H3,(H,31,33)/t14-,17?,18-,19+,24?/m0/s1. The Balaban J connectivity index is 1.08. The molecule has 1 N–H and O–H groups in total. The molecule has 0 spiro atoms. The zero-order valence-corrected chi connectivity index (χ0v) is 19.7. The van der Waals surface area contributed by atoms with Gasteiger partial charge in [-0.1, -0.05) is 6.92 Å². The molecule has 6 rings (SSSR count). The summed E-state index contributed by atoms with van der Waals surface area (Å²) in [7, 11) is 0. The van der Waals surface area contributed by atoms with Crippen molar-refractivity contribution in [1.82, 2.24) is 14.5 Å². The maximum absolute atomic E-state index is 13.8. The van der Waals surface area contributed by atoms with Gasteiger partial charge in [0.25, 0.3) is 0 Å². The zero-order chi connectivity index (χ0) is 23.6. The molecule has 1 amide bonds. The van der Waals surface area contributed by atoms with E-state index in [9.17, 15) is 13.6 Å². The Morgan fingerprint density at radius 3 is 2.50 bits per heavy atom. The van der Waals surface area contributed by atoms with Gasteiger partial charge in [-0.25, -0.2) is 18.7 Å². The van der Waals surface area contributed by atoms with E-state index in [0.29, 0.717) is 28.8 Å². The van der Waals surface area contributed by atoms with Gasteiger partial charge in [0.1, 0.15) is 5.01 Å². The van der Waals surface area contributed by atoms with E-state index in [2.05, 4.69) is 15.3 Å². The molecule has 34 heavy (non-hydrogen) atoms. The number of imidazole rings is 1. The third-order valence-corrected chi connectivity index (χ3v) is 8.47. The van der Waals surface area contributed by atoms with E-state index >= 15 is 0 Å². The van der Waals surface area contributed by atoms with Crippen LogP contribution < -0.4 is 5.32 Å². The van der Waals surface area contributed by atoms with Gasteiger partial charge in [-0.2, -0.15) is 0 Å². The second kappa shape index (κ2) is 7.98. The summed E-state index contributed by atoms with van der Waals surface area (Å²) in [6, 6.07) is 10.4. The van der Waals surface area contributed by atoms with Crippen LogP contribution in [-0.4, -0.2) is 20.4 Å². The van der Waals surface area contributed by atoms with E-state index in [-0.39, 0.29) is 17.9 Å². The Morgan fingerprint density at radius 2 is 1.82 bits per heavy atom. The van der Waals surface area contributed by atoms with E-state index < -0.39 is 11.6 Å². The van der Waals surface area contributed by atoms with E-state index in [4.69, 9.17) is 0 Å². The Hall–Kier alpha value is -3.13. The molecule has 5 nitrogen and oxygen atoms in total. The van der Waals surface area contributed by atoms with Gasteiger partial charge in [0.05, 0.1) is 17.4 Å². The van der Waals surface area contributed by atoms with Crippen molar-refractivity contribution in [3.63, 3.8) is 0 Å². The van der Waals surface area contributed by atoms with Gasteiger partial charge in [0.15, 0.2) is 11.6 Å². The number of halogens is 2. The summed E-state index contributed by atoms with van der Waals surface area (Å²) in [6.07, 6.45) is 5.40. The first kappa shape index (κ1) is 21.4. The van der Waals surface area contributed by atoms with Gasteiger partial charge in [0, 0.05) is 46.4 Å². The summed E-state index contributed by atoms with van der Waals surface area (Å²) in [5.74, 6) is -0.455. The summed E-state index contributed by atoms with van der Waals surface area (Å²) < 4.78 is 29.2. The van der Waals surface area contributed by atoms with Crippen molar-refractivity contribution in [1.29, 1.82) is 0 Å². The minimum Gasteiger partial charge on any atom is -0.327 e. The quantitative estimate of drug-likeness (QED) is 0.371. The number of nitrogens with one attached hydrogen (secondary N) is 1. The Labute approximate surface area is 199 Å². The molecular weight excluding hydrogens is 454 g/mol. The Bertz CT molecular complexity index is 1380. The van der Waals surface area contributed by atoms with E-state index in [1.165, 1.54) is 10.9 Å². The number of carbonyl (C=O) groups is 1. The molecule has 2 fully saturated rings. The van der Waals surface area contributed by atoms with Crippen LogP contribution in [0.3, 0.4) is 0 Å². The summed E-state index contributed by atoms with van der Waals surface area (Å²) in [4.78, 5) is 22.7. The molecular formula is C26H24F2N4OS. The summed E-state index contributed by atoms with van der Waals surface area (Å²) >= 11 is 1.65. The first-order valence-electron chi connectivity index (χ1n) is 11.5. The maximum Gasteiger partial charge on any atom is 0.227 e. The van der Waals surface area contributed by atoms with Crippen molar-refractivity contribution in [2.24, 2.45) is 23.7 Å². The number of fused-ring (bicyclic) bond motifs is 2. The topological polar surface area (TPSA) is 59.8 Å². The lowest BCUT2D eigenvalue weighted by Crippen LogP contribution is -2.24. The minimum atomic E-state index is -0.875. The van der Waals surface area contributed by atoms with Crippen LogP contribution in [0.15, 0.2) is 48.9 Å². The van der Waals surface area contributed by atoms with E-state index in [0.717, 1.165) is 35.2 Å². The number of anilines is 1. The van der Waals surface area contributed by atoms with Gasteiger partial charge < -0.3 is 9.88 Å². The maximum atomic E-state index is 13.8. The molecule has 2 unspecified atom stereocenters. The van der Waals surface area contributed by atoms with Crippen LogP contribution in [0.4, 0.5) is 14.5 Å². The van der Waals surface area contributed by atoms with Gasteiger partial charge in [-0.15, -0.1) is 11.3 Å². The SMILES string of the molecule is Cc1cnc(-c2ccc(NC(=O)[C@@H](C)C3[C@H]4CC(n5cnc6cc(F)c(F)cc65)C[C@@H]34)cc2)s1. The van der Waals surface area contributed by atoms with Crippen molar-refractivity contribution < 1.29 is 13.6 Å². The molecule has 8 heteroatoms. The number of aromatic nitrogens is 3. The number of carbonyl (C=O) groups excluding carboxylic acids is 1. The Kier molecular flexibility index (Phi) is 5.02. The number of benzene rings is 2. The molecule has 5 atom stereocenters. The molecule has 174 valence electrons. The average molecular weight is 479 g/mol. The van der Waals surface area contributed by atoms with Crippen molar-refractivity contribution in [2.75, 3.05) is 5.32 Å². The lowest BCUT2D eigenvalue weighted by molar-refractivity contribution is -0.120. The number of aryl methyl sites for hydroxylation is 1. The molecule has 2 aliphatic rings. The van der Waals surface area contributed by atoms with Gasteiger partial charge >= 0.3 is 0 Å². The monoisotopic (exact) mass is 478 g/mol. The highest BCUT2D eigenvalue weighted by atomic mass is 32.1. The van der Waals surface area contributed by atoms with Gasteiger partial charge in [-0.3, -0.25) is 4.79 Å². The molecule has 0 bridgehead atoms. The minimum absolute atomic E-state index is 0.0411. The number of hydrogen-bond acceptors (Lipinski definition) is 4. The normalized spacial score (nSPS) is 24.2. The summed E-state index contributed by atoms with van der Waals surface area (Å²) in [5.41, 5.74) is 2.93. The first-order chi connectivity index (χ1) is 16.4. The number of rotatable bonds is 5. The lowest BCUT2D eigenvalue weighted by Gasteiger charge is -2.20. The van der Waals surface area contributed by atoms with Crippen LogP contribution in [0.25, 0.3) is 21.6 Å². The van der Waals surface area contributed by atoms with Crippen molar-refractivity contribution >= 4 is 34.0 Å². The predicted octanol–water partition coefficient (Wildman–Crippen LogP) is 6.22. The van der Waals surface area contributed by atoms with Crippen LogP contribution in [-0.2, 0) is 4.79 Å². The molecule has 2 aromatic heterocycles. The number of nitrogens with zero attached hydrogens (tertiary/aromatic N) is 3. The van der Waals surface area contributed by atoms with Crippen molar-refractivity contribution in [2.45, 2.75) is 32.7 Å². The fourth-order valence-electron chi connectivity index (χ4n) is 5.76.